The molecule has 1 fully saturated rings. The Morgan fingerprint density at radius 1 is 1.23 bits per heavy atom. The molecule has 1 amide bonds. The molecule has 1 N–H and O–H groups in total. The fraction of sp³-hybridized carbons (Fsp3) is 0.611. The zero-order valence-corrected chi connectivity index (χ0v) is 15.3. The quantitative estimate of drug-likeness (QED) is 0.733. The Kier molecular flexibility index (Phi) is 3.40. The van der Waals surface area contributed by atoms with Crippen LogP contribution in [0.5, 0.6) is 0 Å². The Bertz CT molecular complexity index is 634. The maximum Gasteiger partial charge on any atom is 0.231 e. The van der Waals surface area contributed by atoms with Gasteiger partial charge in [0, 0.05) is 11.1 Å². The normalized spacial score (nSPS) is 29.8. The Balaban J connectivity index is 1.90. The summed E-state index contributed by atoms with van der Waals surface area (Å²) in [6.45, 7) is 10.6. The van der Waals surface area contributed by atoms with E-state index < -0.39 is 4.33 Å². The number of nitrogens with one attached hydrogen (secondary N) is 1. The first-order chi connectivity index (χ1) is 10.00. The molecule has 2 aliphatic carbocycles. The summed E-state index contributed by atoms with van der Waals surface area (Å²) in [7, 11) is 0. The molecule has 4 heteroatoms. The van der Waals surface area contributed by atoms with Crippen molar-refractivity contribution in [3.8, 4) is 0 Å². The number of hydrogen-bond acceptors (Lipinski definition) is 1. The van der Waals surface area contributed by atoms with E-state index in [1.54, 1.807) is 0 Å². The molecular formula is C18H23Cl2NO. The number of carbonyl (C=O) groups is 1. The van der Waals surface area contributed by atoms with Crippen molar-refractivity contribution in [2.45, 2.75) is 56.7 Å². The summed E-state index contributed by atoms with van der Waals surface area (Å²) >= 11 is 12.5. The molecule has 0 aliphatic heterocycles. The van der Waals surface area contributed by atoms with Crippen LogP contribution in [0.15, 0.2) is 18.2 Å². The van der Waals surface area contributed by atoms with Gasteiger partial charge in [0.2, 0.25) is 5.91 Å². The van der Waals surface area contributed by atoms with Crippen LogP contribution in [0.2, 0.25) is 0 Å². The van der Waals surface area contributed by atoms with Gasteiger partial charge in [0.05, 0.1) is 5.92 Å². The van der Waals surface area contributed by atoms with Crippen LogP contribution in [0.25, 0.3) is 0 Å². The molecule has 22 heavy (non-hydrogen) atoms. The number of anilines is 1. The summed E-state index contributed by atoms with van der Waals surface area (Å²) in [6, 6.07) is 6.16. The van der Waals surface area contributed by atoms with Gasteiger partial charge in [0.1, 0.15) is 4.33 Å². The number of hydrogen-bond donors (Lipinski definition) is 1. The molecule has 3 rings (SSSR count). The van der Waals surface area contributed by atoms with Gasteiger partial charge < -0.3 is 5.32 Å². The first-order valence-electron chi connectivity index (χ1n) is 7.82. The smallest absolute Gasteiger partial charge is 0.231 e. The van der Waals surface area contributed by atoms with Crippen molar-refractivity contribution in [2.24, 2.45) is 11.3 Å². The molecule has 0 heterocycles. The molecule has 0 radical (unpaired) electrons. The fourth-order valence-electron chi connectivity index (χ4n) is 4.13. The van der Waals surface area contributed by atoms with Crippen LogP contribution >= 0.6 is 23.2 Å². The number of alkyl halides is 2. The van der Waals surface area contributed by atoms with Gasteiger partial charge in [-0.15, -0.1) is 23.2 Å². The summed E-state index contributed by atoms with van der Waals surface area (Å²) in [5.74, 6) is -0.0188. The molecule has 1 saturated carbocycles. The van der Waals surface area contributed by atoms with Crippen LogP contribution < -0.4 is 5.32 Å². The summed E-state index contributed by atoms with van der Waals surface area (Å²) in [5.41, 5.74) is 3.26. The highest BCUT2D eigenvalue weighted by molar-refractivity contribution is 6.53. The van der Waals surface area contributed by atoms with Gasteiger partial charge in [0.25, 0.3) is 0 Å². The van der Waals surface area contributed by atoms with E-state index >= 15 is 0 Å². The van der Waals surface area contributed by atoms with E-state index in [1.165, 1.54) is 11.1 Å². The van der Waals surface area contributed by atoms with Crippen molar-refractivity contribution in [3.05, 3.63) is 29.3 Å². The van der Waals surface area contributed by atoms with Crippen molar-refractivity contribution in [1.29, 1.82) is 0 Å². The number of carbonyl (C=O) groups excluding carboxylic acids is 1. The third-order valence-corrected chi connectivity index (χ3v) is 6.94. The summed E-state index contributed by atoms with van der Waals surface area (Å²) < 4.78 is -0.972. The zero-order chi connectivity index (χ0) is 16.5. The van der Waals surface area contributed by atoms with E-state index in [9.17, 15) is 4.79 Å². The van der Waals surface area contributed by atoms with Crippen molar-refractivity contribution >= 4 is 34.8 Å². The van der Waals surface area contributed by atoms with E-state index in [2.05, 4.69) is 32.2 Å². The van der Waals surface area contributed by atoms with Gasteiger partial charge in [-0.1, -0.05) is 46.8 Å². The van der Waals surface area contributed by atoms with Crippen LogP contribution in [0, 0.1) is 11.3 Å². The standard InChI is InChI=1S/C18H23Cl2NO/c1-10-9-16(2,3)11-7-6-8-12(13(10)11)21-15(22)14-17(4,5)18(14,19)20/h6-8,10,14H,9H2,1-5H3,(H,21,22)/t10-,14+/m1/s1. The predicted molar refractivity (Wildman–Crippen MR) is 92.8 cm³/mol. The van der Waals surface area contributed by atoms with E-state index in [4.69, 9.17) is 23.2 Å². The second-order valence-electron chi connectivity index (χ2n) is 8.02. The minimum absolute atomic E-state index is 0.0830. The predicted octanol–water partition coefficient (Wildman–Crippen LogP) is 5.24. The van der Waals surface area contributed by atoms with Gasteiger partial charge >= 0.3 is 0 Å². The Hall–Kier alpha value is -0.730. The number of benzene rings is 1. The van der Waals surface area contributed by atoms with Crippen LogP contribution in [0.1, 0.15) is 58.1 Å². The van der Waals surface area contributed by atoms with Crippen molar-refractivity contribution in [2.75, 3.05) is 5.32 Å². The first kappa shape index (κ1) is 16.1. The summed E-state index contributed by atoms with van der Waals surface area (Å²) in [5, 5.41) is 3.08. The van der Waals surface area contributed by atoms with Gasteiger partial charge in [-0.25, -0.2) is 0 Å². The van der Waals surface area contributed by atoms with Gasteiger partial charge in [0.15, 0.2) is 0 Å². The largest absolute Gasteiger partial charge is 0.325 e. The Morgan fingerprint density at radius 3 is 2.36 bits per heavy atom. The molecule has 0 spiro atoms. The van der Waals surface area contributed by atoms with Gasteiger partial charge in [-0.05, 0) is 34.9 Å². The molecule has 0 bridgehead atoms. The van der Waals surface area contributed by atoms with E-state index in [0.29, 0.717) is 5.92 Å². The van der Waals surface area contributed by atoms with Gasteiger partial charge in [-0.3, -0.25) is 4.79 Å². The Morgan fingerprint density at radius 2 is 1.82 bits per heavy atom. The van der Waals surface area contributed by atoms with E-state index in [-0.39, 0.29) is 22.7 Å². The molecule has 1 aromatic carbocycles. The third-order valence-electron chi connectivity index (χ3n) is 5.52. The molecule has 0 aromatic heterocycles. The van der Waals surface area contributed by atoms with Crippen molar-refractivity contribution in [3.63, 3.8) is 0 Å². The number of fused-ring (bicyclic) bond motifs is 1. The highest BCUT2D eigenvalue weighted by Gasteiger charge is 2.73. The molecule has 1 aromatic rings. The average Bonchev–Trinajstić information content (AvgIpc) is 2.63. The van der Waals surface area contributed by atoms with E-state index in [0.717, 1.165) is 12.1 Å². The highest BCUT2D eigenvalue weighted by atomic mass is 35.5. The molecule has 2 aliphatic rings. The lowest BCUT2D eigenvalue weighted by atomic mass is 9.86. The van der Waals surface area contributed by atoms with Crippen LogP contribution in [0.4, 0.5) is 5.69 Å². The second-order valence-corrected chi connectivity index (χ2v) is 9.41. The molecule has 0 saturated heterocycles. The number of amides is 1. The third kappa shape index (κ3) is 2.11. The monoisotopic (exact) mass is 339 g/mol. The molecular weight excluding hydrogens is 317 g/mol. The maximum absolute atomic E-state index is 12.6. The maximum atomic E-state index is 12.6. The lowest BCUT2D eigenvalue weighted by Crippen LogP contribution is -2.19. The zero-order valence-electron chi connectivity index (χ0n) is 13.8. The highest BCUT2D eigenvalue weighted by Crippen LogP contribution is 2.69. The van der Waals surface area contributed by atoms with Crippen molar-refractivity contribution < 1.29 is 4.79 Å². The van der Waals surface area contributed by atoms with Crippen LogP contribution in [-0.4, -0.2) is 10.2 Å². The first-order valence-corrected chi connectivity index (χ1v) is 8.58. The molecule has 2 nitrogen and oxygen atoms in total. The van der Waals surface area contributed by atoms with E-state index in [1.807, 2.05) is 26.0 Å². The number of rotatable bonds is 2. The van der Waals surface area contributed by atoms with Gasteiger partial charge in [-0.2, -0.15) is 0 Å². The molecule has 2 atom stereocenters. The second kappa shape index (κ2) is 4.64. The summed E-state index contributed by atoms with van der Waals surface area (Å²) in [4.78, 5) is 12.6. The van der Waals surface area contributed by atoms with Crippen molar-refractivity contribution in [1.82, 2.24) is 0 Å². The lowest BCUT2D eigenvalue weighted by molar-refractivity contribution is -0.118. The minimum atomic E-state index is -0.972. The Labute approximate surface area is 142 Å². The number of halogens is 2. The minimum Gasteiger partial charge on any atom is -0.325 e. The molecule has 120 valence electrons. The van der Waals surface area contributed by atoms with Crippen LogP contribution in [0.3, 0.4) is 0 Å². The average molecular weight is 340 g/mol. The fourth-order valence-corrected chi connectivity index (χ4v) is 4.98. The lowest BCUT2D eigenvalue weighted by Gasteiger charge is -2.19. The topological polar surface area (TPSA) is 29.1 Å². The summed E-state index contributed by atoms with van der Waals surface area (Å²) in [6.07, 6.45) is 1.10. The SMILES string of the molecule is C[C@@H]1CC(C)(C)c2cccc(NC(=O)[C@H]3C(C)(C)C3(Cl)Cl)c21. The van der Waals surface area contributed by atoms with Crippen LogP contribution in [-0.2, 0) is 10.2 Å². The molecule has 0 unspecified atom stereocenters.